The molecule has 3 rings (SSSR count). The van der Waals surface area contributed by atoms with Gasteiger partial charge in [-0.05, 0) is 23.8 Å². The van der Waals surface area contributed by atoms with Gasteiger partial charge in [-0.2, -0.15) is 0 Å². The average molecular weight is 329 g/mol. The fourth-order valence-corrected chi connectivity index (χ4v) is 2.72. The maximum atomic E-state index is 13.5. The molecule has 24 heavy (non-hydrogen) atoms. The van der Waals surface area contributed by atoms with E-state index in [0.29, 0.717) is 23.9 Å². The summed E-state index contributed by atoms with van der Waals surface area (Å²) in [6, 6.07) is 12.4. The molecule has 2 aromatic rings. The minimum absolute atomic E-state index is 0.0562. The number of hydrogen-bond acceptors (Lipinski definition) is 3. The van der Waals surface area contributed by atoms with Crippen LogP contribution < -0.4 is 20.5 Å². The predicted octanol–water partition coefficient (Wildman–Crippen LogP) is 2.76. The summed E-state index contributed by atoms with van der Waals surface area (Å²) in [6.45, 7) is 0.904. The molecular formula is C18H20FN3O2. The van der Waals surface area contributed by atoms with E-state index in [9.17, 15) is 4.39 Å². The molecule has 0 aromatic heterocycles. The van der Waals surface area contributed by atoms with Crippen molar-refractivity contribution in [3.63, 3.8) is 0 Å². The van der Waals surface area contributed by atoms with E-state index in [2.05, 4.69) is 10.3 Å². The highest BCUT2D eigenvalue weighted by Crippen LogP contribution is 2.31. The average Bonchev–Trinajstić information content (AvgIpc) is 2.60. The van der Waals surface area contributed by atoms with Gasteiger partial charge in [-0.15, -0.1) is 0 Å². The number of fused-ring (bicyclic) bond motifs is 1. The number of halogens is 1. The molecule has 1 heterocycles. The number of hydrogen-bond donors (Lipinski definition) is 2. The summed E-state index contributed by atoms with van der Waals surface area (Å²) in [6.07, 6.45) is 0.807. The van der Waals surface area contributed by atoms with E-state index < -0.39 is 0 Å². The smallest absolute Gasteiger partial charge is 0.189 e. The molecule has 0 amide bonds. The van der Waals surface area contributed by atoms with Crippen LogP contribution in [-0.2, 0) is 6.54 Å². The standard InChI is InChI=1S/C18H20FN3O2/c1-23-14-9-12(8-13(19)10-14)11-21-18(20)22-16-6-7-24-17-5-3-2-4-15(16)17/h2-5,8-10,16H,6-7,11H2,1H3,(H3,20,21,22). The zero-order chi connectivity index (χ0) is 16.9. The summed E-state index contributed by atoms with van der Waals surface area (Å²) >= 11 is 0. The minimum Gasteiger partial charge on any atom is -0.497 e. The highest BCUT2D eigenvalue weighted by molar-refractivity contribution is 5.78. The first-order valence-electron chi connectivity index (χ1n) is 7.77. The Hall–Kier alpha value is -2.76. The van der Waals surface area contributed by atoms with Crippen molar-refractivity contribution in [3.05, 3.63) is 59.4 Å². The van der Waals surface area contributed by atoms with E-state index in [1.54, 1.807) is 6.07 Å². The van der Waals surface area contributed by atoms with Crippen LogP contribution in [0.4, 0.5) is 4.39 Å². The number of para-hydroxylation sites is 1. The van der Waals surface area contributed by atoms with Crippen LogP contribution in [0.3, 0.4) is 0 Å². The Bertz CT molecular complexity index is 749. The Morgan fingerprint density at radius 2 is 2.21 bits per heavy atom. The van der Waals surface area contributed by atoms with Gasteiger partial charge in [0.25, 0.3) is 0 Å². The second kappa shape index (κ2) is 7.21. The maximum Gasteiger partial charge on any atom is 0.189 e. The van der Waals surface area contributed by atoms with Gasteiger partial charge in [0.05, 0.1) is 26.3 Å². The second-order valence-corrected chi connectivity index (χ2v) is 5.57. The van der Waals surface area contributed by atoms with Crippen LogP contribution >= 0.6 is 0 Å². The normalized spacial score (nSPS) is 16.9. The van der Waals surface area contributed by atoms with E-state index in [-0.39, 0.29) is 18.4 Å². The number of nitrogens with zero attached hydrogens (tertiary/aromatic N) is 1. The monoisotopic (exact) mass is 329 g/mol. The zero-order valence-electron chi connectivity index (χ0n) is 13.5. The maximum absolute atomic E-state index is 13.5. The fourth-order valence-electron chi connectivity index (χ4n) is 2.72. The number of guanidine groups is 1. The van der Waals surface area contributed by atoms with Gasteiger partial charge in [0, 0.05) is 18.1 Å². The van der Waals surface area contributed by atoms with Crippen molar-refractivity contribution in [1.82, 2.24) is 5.32 Å². The second-order valence-electron chi connectivity index (χ2n) is 5.57. The number of aliphatic imine (C=N–C) groups is 1. The summed E-state index contributed by atoms with van der Waals surface area (Å²) in [4.78, 5) is 4.30. The zero-order valence-corrected chi connectivity index (χ0v) is 13.5. The molecule has 1 aliphatic heterocycles. The summed E-state index contributed by atoms with van der Waals surface area (Å²) in [5.74, 6) is 1.29. The van der Waals surface area contributed by atoms with Gasteiger partial charge in [0.1, 0.15) is 17.3 Å². The van der Waals surface area contributed by atoms with Crippen LogP contribution in [0, 0.1) is 5.82 Å². The third-order valence-electron chi connectivity index (χ3n) is 3.88. The molecule has 0 fully saturated rings. The van der Waals surface area contributed by atoms with Crippen molar-refractivity contribution in [1.29, 1.82) is 0 Å². The van der Waals surface area contributed by atoms with Crippen LogP contribution in [0.25, 0.3) is 0 Å². The van der Waals surface area contributed by atoms with E-state index in [0.717, 1.165) is 17.7 Å². The molecule has 0 aliphatic carbocycles. The van der Waals surface area contributed by atoms with E-state index in [4.69, 9.17) is 15.2 Å². The Balaban J connectivity index is 1.68. The molecule has 2 aromatic carbocycles. The molecule has 5 nitrogen and oxygen atoms in total. The summed E-state index contributed by atoms with van der Waals surface area (Å²) < 4.78 is 24.2. The number of ether oxygens (including phenoxy) is 2. The number of rotatable bonds is 4. The third kappa shape index (κ3) is 3.76. The van der Waals surface area contributed by atoms with Crippen molar-refractivity contribution < 1.29 is 13.9 Å². The number of nitrogens with one attached hydrogen (secondary N) is 1. The van der Waals surface area contributed by atoms with Crippen molar-refractivity contribution in [2.45, 2.75) is 19.0 Å². The van der Waals surface area contributed by atoms with Crippen LogP contribution in [-0.4, -0.2) is 19.7 Å². The molecule has 0 saturated carbocycles. The SMILES string of the molecule is COc1cc(F)cc(CN=C(N)NC2CCOc3ccccc32)c1. The van der Waals surface area contributed by atoms with Crippen LogP contribution in [0.2, 0.25) is 0 Å². The Morgan fingerprint density at radius 3 is 3.04 bits per heavy atom. The van der Waals surface area contributed by atoms with Crippen molar-refractivity contribution in [3.8, 4) is 11.5 Å². The van der Waals surface area contributed by atoms with Crippen molar-refractivity contribution >= 4 is 5.96 Å². The molecule has 6 heteroatoms. The largest absolute Gasteiger partial charge is 0.497 e. The Labute approximate surface area is 140 Å². The first kappa shape index (κ1) is 16.1. The topological polar surface area (TPSA) is 68.9 Å². The van der Waals surface area contributed by atoms with Gasteiger partial charge in [0.2, 0.25) is 0 Å². The van der Waals surface area contributed by atoms with Crippen LogP contribution in [0.5, 0.6) is 11.5 Å². The Kier molecular flexibility index (Phi) is 4.84. The van der Waals surface area contributed by atoms with Crippen LogP contribution in [0.1, 0.15) is 23.6 Å². The van der Waals surface area contributed by atoms with E-state index in [1.807, 2.05) is 24.3 Å². The lowest BCUT2D eigenvalue weighted by molar-refractivity contribution is 0.262. The first-order valence-corrected chi connectivity index (χ1v) is 7.77. The quantitative estimate of drug-likeness (QED) is 0.668. The summed E-state index contributed by atoms with van der Waals surface area (Å²) in [7, 11) is 1.50. The lowest BCUT2D eigenvalue weighted by atomic mass is 10.0. The third-order valence-corrected chi connectivity index (χ3v) is 3.88. The van der Waals surface area contributed by atoms with E-state index in [1.165, 1.54) is 19.2 Å². The van der Waals surface area contributed by atoms with Gasteiger partial charge < -0.3 is 20.5 Å². The molecule has 1 atom stereocenters. The molecular weight excluding hydrogens is 309 g/mol. The molecule has 0 spiro atoms. The lowest BCUT2D eigenvalue weighted by Crippen LogP contribution is -2.37. The molecule has 126 valence electrons. The van der Waals surface area contributed by atoms with Crippen LogP contribution in [0.15, 0.2) is 47.5 Å². The number of nitrogens with two attached hydrogens (primary N) is 1. The minimum atomic E-state index is -0.357. The fraction of sp³-hybridized carbons (Fsp3) is 0.278. The van der Waals surface area contributed by atoms with Gasteiger partial charge >= 0.3 is 0 Å². The molecule has 0 radical (unpaired) electrons. The highest BCUT2D eigenvalue weighted by Gasteiger charge is 2.21. The summed E-state index contributed by atoms with van der Waals surface area (Å²) in [5, 5.41) is 3.21. The predicted molar refractivity (Wildman–Crippen MR) is 90.7 cm³/mol. The Morgan fingerprint density at radius 1 is 1.38 bits per heavy atom. The molecule has 0 saturated heterocycles. The van der Waals surface area contributed by atoms with Crippen molar-refractivity contribution in [2.24, 2.45) is 10.7 Å². The number of methoxy groups -OCH3 is 1. The lowest BCUT2D eigenvalue weighted by Gasteiger charge is -2.26. The van der Waals surface area contributed by atoms with Crippen molar-refractivity contribution in [2.75, 3.05) is 13.7 Å². The highest BCUT2D eigenvalue weighted by atomic mass is 19.1. The van der Waals surface area contributed by atoms with Gasteiger partial charge in [-0.3, -0.25) is 0 Å². The molecule has 1 unspecified atom stereocenters. The molecule has 3 N–H and O–H groups in total. The number of benzene rings is 2. The van der Waals surface area contributed by atoms with E-state index >= 15 is 0 Å². The van der Waals surface area contributed by atoms with Gasteiger partial charge in [0.15, 0.2) is 5.96 Å². The van der Waals surface area contributed by atoms with Gasteiger partial charge in [-0.1, -0.05) is 18.2 Å². The van der Waals surface area contributed by atoms with Gasteiger partial charge in [-0.25, -0.2) is 9.38 Å². The molecule has 0 bridgehead atoms. The molecule has 1 aliphatic rings. The summed E-state index contributed by atoms with van der Waals surface area (Å²) in [5.41, 5.74) is 7.75. The first-order chi connectivity index (χ1) is 11.7.